The third-order valence-electron chi connectivity index (χ3n) is 2.76. The van der Waals surface area contributed by atoms with Gasteiger partial charge in [-0.15, -0.1) is 0 Å². The predicted octanol–water partition coefficient (Wildman–Crippen LogP) is 3.59. The maximum atomic E-state index is 11.5. The van der Waals surface area contributed by atoms with Crippen molar-refractivity contribution >= 4 is 11.7 Å². The van der Waals surface area contributed by atoms with Gasteiger partial charge < -0.3 is 9.47 Å². The molecule has 0 radical (unpaired) electrons. The number of esters is 1. The van der Waals surface area contributed by atoms with E-state index >= 15 is 0 Å². The van der Waals surface area contributed by atoms with Crippen LogP contribution in [-0.4, -0.2) is 13.1 Å². The Kier molecular flexibility index (Phi) is 4.56. The average molecular weight is 268 g/mol. The highest BCUT2D eigenvalue weighted by molar-refractivity contribution is 5.90. The summed E-state index contributed by atoms with van der Waals surface area (Å²) in [4.78, 5) is 11.5. The molecule has 0 heterocycles. The fraction of sp³-hybridized carbons (Fsp3) is 0.118. The first-order chi connectivity index (χ1) is 9.69. The van der Waals surface area contributed by atoms with Crippen molar-refractivity contribution in [2.24, 2.45) is 0 Å². The van der Waals surface area contributed by atoms with Crippen LogP contribution >= 0.6 is 0 Å². The minimum Gasteiger partial charge on any atom is -0.466 e. The molecule has 0 bridgehead atoms. The van der Waals surface area contributed by atoms with Crippen molar-refractivity contribution in [3.63, 3.8) is 0 Å². The monoisotopic (exact) mass is 268 g/mol. The van der Waals surface area contributed by atoms with Gasteiger partial charge >= 0.3 is 5.97 Å². The summed E-state index contributed by atoms with van der Waals surface area (Å²) in [5.74, 6) is 0.687. The Morgan fingerprint density at radius 1 is 1.00 bits per heavy atom. The minimum absolute atomic E-state index is 0.448. The molecule has 0 unspecified atom stereocenters. The molecule has 0 aromatic heterocycles. The van der Waals surface area contributed by atoms with Gasteiger partial charge in [-0.3, -0.25) is 0 Å². The summed E-state index contributed by atoms with van der Waals surface area (Å²) in [5, 5.41) is 0. The first kappa shape index (κ1) is 13.9. The van der Waals surface area contributed by atoms with Gasteiger partial charge in [-0.2, -0.15) is 0 Å². The Hall–Kier alpha value is -2.55. The summed E-state index contributed by atoms with van der Waals surface area (Å²) >= 11 is 0. The van der Waals surface area contributed by atoms with Crippen LogP contribution in [0.5, 0.6) is 5.75 Å². The highest BCUT2D eigenvalue weighted by atomic mass is 16.5. The van der Waals surface area contributed by atoms with E-state index in [1.165, 1.54) is 13.2 Å². The Labute approximate surface area is 118 Å². The number of ether oxygens (including phenoxy) is 2. The fourth-order valence-corrected chi connectivity index (χ4v) is 1.67. The van der Waals surface area contributed by atoms with Gasteiger partial charge in [0.1, 0.15) is 11.5 Å². The molecule has 0 N–H and O–H groups in total. The van der Waals surface area contributed by atoms with E-state index in [1.54, 1.807) is 0 Å². The van der Waals surface area contributed by atoms with Crippen molar-refractivity contribution in [3.05, 3.63) is 71.8 Å². The van der Waals surface area contributed by atoms with Crippen LogP contribution in [0.1, 0.15) is 11.1 Å². The summed E-state index contributed by atoms with van der Waals surface area (Å²) < 4.78 is 10.5. The molecule has 3 heteroatoms. The average Bonchev–Trinajstić information content (AvgIpc) is 2.49. The maximum Gasteiger partial charge on any atom is 0.334 e. The van der Waals surface area contributed by atoms with Crippen LogP contribution in [0.3, 0.4) is 0 Å². The van der Waals surface area contributed by atoms with E-state index in [1.807, 2.05) is 61.5 Å². The molecule has 0 fully saturated rings. The molecule has 102 valence electrons. The van der Waals surface area contributed by atoms with E-state index < -0.39 is 5.97 Å². The Morgan fingerprint density at radius 3 is 2.25 bits per heavy atom. The van der Waals surface area contributed by atoms with Gasteiger partial charge in [-0.1, -0.05) is 48.0 Å². The van der Waals surface area contributed by atoms with E-state index in [0.717, 1.165) is 11.1 Å². The zero-order valence-corrected chi connectivity index (χ0v) is 11.5. The molecule has 0 spiro atoms. The van der Waals surface area contributed by atoms with Crippen LogP contribution in [0, 0.1) is 6.92 Å². The van der Waals surface area contributed by atoms with Crippen molar-refractivity contribution < 1.29 is 14.3 Å². The summed E-state index contributed by atoms with van der Waals surface area (Å²) in [7, 11) is 1.34. The second-order valence-electron chi connectivity index (χ2n) is 4.31. The third-order valence-corrected chi connectivity index (χ3v) is 2.76. The van der Waals surface area contributed by atoms with E-state index in [9.17, 15) is 4.79 Å². The molecule has 3 nitrogen and oxygen atoms in total. The van der Waals surface area contributed by atoms with Gasteiger partial charge in [0.25, 0.3) is 0 Å². The number of hydrogen-bond acceptors (Lipinski definition) is 3. The van der Waals surface area contributed by atoms with Crippen LogP contribution in [0.25, 0.3) is 5.76 Å². The molecule has 0 aliphatic heterocycles. The molecular formula is C17H16O3. The Bertz CT molecular complexity index is 598. The quantitative estimate of drug-likeness (QED) is 0.483. The minimum atomic E-state index is -0.448. The maximum absolute atomic E-state index is 11.5. The second kappa shape index (κ2) is 6.57. The fourth-order valence-electron chi connectivity index (χ4n) is 1.67. The zero-order valence-electron chi connectivity index (χ0n) is 11.5. The summed E-state index contributed by atoms with van der Waals surface area (Å²) in [6.45, 7) is 2.01. The largest absolute Gasteiger partial charge is 0.466 e. The lowest BCUT2D eigenvalue weighted by Gasteiger charge is -2.10. The van der Waals surface area contributed by atoms with Crippen LogP contribution in [0.4, 0.5) is 0 Å². The molecule has 0 aliphatic carbocycles. The standard InChI is InChI=1S/C17H16O3/c1-13-8-10-15(11-9-13)20-16(12-17(18)19-2)14-6-4-3-5-7-14/h3-12H,1-2H3/b16-12-. The van der Waals surface area contributed by atoms with Crippen LogP contribution in [0.15, 0.2) is 60.7 Å². The molecule has 0 saturated heterocycles. The van der Waals surface area contributed by atoms with Crippen molar-refractivity contribution in [2.45, 2.75) is 6.92 Å². The highest BCUT2D eigenvalue weighted by Gasteiger charge is 2.07. The molecule has 0 atom stereocenters. The lowest BCUT2D eigenvalue weighted by atomic mass is 10.2. The van der Waals surface area contributed by atoms with Gasteiger partial charge in [0.2, 0.25) is 0 Å². The lowest BCUT2D eigenvalue weighted by molar-refractivity contribution is -0.134. The summed E-state index contributed by atoms with van der Waals surface area (Å²) in [6.07, 6.45) is 1.34. The van der Waals surface area contributed by atoms with Gasteiger partial charge in [0, 0.05) is 5.56 Å². The smallest absolute Gasteiger partial charge is 0.334 e. The number of rotatable bonds is 4. The topological polar surface area (TPSA) is 35.5 Å². The zero-order chi connectivity index (χ0) is 14.4. The Morgan fingerprint density at radius 2 is 1.65 bits per heavy atom. The van der Waals surface area contributed by atoms with E-state index in [2.05, 4.69) is 4.74 Å². The number of aryl methyl sites for hydroxylation is 1. The molecular weight excluding hydrogens is 252 g/mol. The SMILES string of the molecule is COC(=O)/C=C(\Oc1ccc(C)cc1)c1ccccc1. The molecule has 0 saturated carbocycles. The first-order valence-corrected chi connectivity index (χ1v) is 6.28. The van der Waals surface area contributed by atoms with Gasteiger partial charge in [-0.25, -0.2) is 4.79 Å². The molecule has 2 rings (SSSR count). The number of carbonyl (C=O) groups excluding carboxylic acids is 1. The Balaban J connectivity index is 2.30. The first-order valence-electron chi connectivity index (χ1n) is 6.28. The molecule has 0 amide bonds. The van der Waals surface area contributed by atoms with Crippen molar-refractivity contribution in [2.75, 3.05) is 7.11 Å². The lowest BCUT2D eigenvalue weighted by Crippen LogP contribution is -2.02. The summed E-state index contributed by atoms with van der Waals surface area (Å²) in [5.41, 5.74) is 1.97. The number of carbonyl (C=O) groups is 1. The van der Waals surface area contributed by atoms with Gasteiger partial charge in [0.05, 0.1) is 13.2 Å². The van der Waals surface area contributed by atoms with E-state index in [0.29, 0.717) is 11.5 Å². The van der Waals surface area contributed by atoms with Gasteiger partial charge in [-0.05, 0) is 19.1 Å². The van der Waals surface area contributed by atoms with E-state index in [-0.39, 0.29) is 0 Å². The predicted molar refractivity (Wildman–Crippen MR) is 78.2 cm³/mol. The normalized spacial score (nSPS) is 11.0. The van der Waals surface area contributed by atoms with E-state index in [4.69, 9.17) is 4.74 Å². The summed E-state index contributed by atoms with van der Waals surface area (Å²) in [6, 6.07) is 17.1. The van der Waals surface area contributed by atoms with Crippen molar-refractivity contribution in [1.82, 2.24) is 0 Å². The van der Waals surface area contributed by atoms with Crippen LogP contribution < -0.4 is 4.74 Å². The highest BCUT2D eigenvalue weighted by Crippen LogP contribution is 2.21. The third kappa shape index (κ3) is 3.72. The molecule has 2 aromatic rings. The number of hydrogen-bond donors (Lipinski definition) is 0. The molecule has 2 aromatic carbocycles. The van der Waals surface area contributed by atoms with Crippen LogP contribution in [0.2, 0.25) is 0 Å². The molecule has 20 heavy (non-hydrogen) atoms. The number of methoxy groups -OCH3 is 1. The second-order valence-corrected chi connectivity index (χ2v) is 4.31. The number of benzene rings is 2. The van der Waals surface area contributed by atoms with Crippen molar-refractivity contribution in [1.29, 1.82) is 0 Å². The molecule has 0 aliphatic rings. The van der Waals surface area contributed by atoms with Crippen LogP contribution in [-0.2, 0) is 9.53 Å². The van der Waals surface area contributed by atoms with Gasteiger partial charge in [0.15, 0.2) is 0 Å². The van der Waals surface area contributed by atoms with Crippen molar-refractivity contribution in [3.8, 4) is 5.75 Å².